The number of imide groups is 1. The number of likely N-dealkylation sites (tertiary alicyclic amines) is 1. The Kier molecular flexibility index (Phi) is 17.0. The molecule has 1 fully saturated rings. The molecule has 4 aromatic heterocycles. The van der Waals surface area contributed by atoms with Gasteiger partial charge in [0.25, 0.3) is 11.8 Å². The first-order valence-corrected chi connectivity index (χ1v) is 24.9. The quantitative estimate of drug-likeness (QED) is 0.0339. The number of carbonyl (C=O) groups is 7. The van der Waals surface area contributed by atoms with E-state index < -0.39 is 28.9 Å². The first kappa shape index (κ1) is 52.8. The summed E-state index contributed by atoms with van der Waals surface area (Å²) < 4.78 is 22.1. The summed E-state index contributed by atoms with van der Waals surface area (Å²) in [4.78, 5) is 103. The van der Waals surface area contributed by atoms with Crippen LogP contribution in [-0.2, 0) is 34.0 Å². The third kappa shape index (κ3) is 12.2. The second kappa shape index (κ2) is 23.5. The Morgan fingerprint density at radius 2 is 1.48 bits per heavy atom. The van der Waals surface area contributed by atoms with Crippen LogP contribution < -0.4 is 31.6 Å². The Labute approximate surface area is 423 Å². The zero-order valence-electron chi connectivity index (χ0n) is 41.6. The van der Waals surface area contributed by atoms with Crippen LogP contribution >= 0.6 is 11.8 Å². The number of ether oxygens (including phenoxy) is 2. The van der Waals surface area contributed by atoms with Gasteiger partial charge in [0, 0.05) is 69.8 Å². The maximum absolute atomic E-state index is 13.7. The normalized spacial score (nSPS) is 13.7. The highest BCUT2D eigenvalue weighted by molar-refractivity contribution is 8.00. The maximum atomic E-state index is 13.7. The zero-order chi connectivity index (χ0) is 52.5. The summed E-state index contributed by atoms with van der Waals surface area (Å²) in [6, 6.07) is 9.05. The number of aryl methyl sites for hydroxylation is 3. The molecule has 6 aromatic rings. The number of hydrogen-bond donors (Lipinski definition) is 4. The van der Waals surface area contributed by atoms with Gasteiger partial charge in [-0.05, 0) is 69.7 Å². The van der Waals surface area contributed by atoms with Gasteiger partial charge in [0.1, 0.15) is 28.2 Å². The third-order valence-corrected chi connectivity index (χ3v) is 13.3. The predicted molar refractivity (Wildman–Crippen MR) is 271 cm³/mol. The van der Waals surface area contributed by atoms with Crippen LogP contribution in [-0.4, -0.2) is 130 Å². The number of nitrogens with one attached hydrogen (secondary N) is 2. The lowest BCUT2D eigenvalue weighted by atomic mass is 10.1. The van der Waals surface area contributed by atoms with E-state index in [4.69, 9.17) is 25.5 Å². The van der Waals surface area contributed by atoms with Gasteiger partial charge in [0.15, 0.2) is 0 Å². The Morgan fingerprint density at radius 1 is 0.849 bits per heavy atom. The summed E-state index contributed by atoms with van der Waals surface area (Å²) in [6.45, 7) is 8.34. The highest BCUT2D eigenvalue weighted by atomic mass is 32.2. The molecular formula is C49H59N13O10S. The van der Waals surface area contributed by atoms with E-state index >= 15 is 0 Å². The maximum Gasteiger partial charge on any atom is 0.296 e. The average molecular weight is 1020 g/mol. The number of fused-ring (bicyclic) bond motifs is 2. The number of amides is 7. The van der Waals surface area contributed by atoms with Crippen LogP contribution in [0.15, 0.2) is 53.1 Å². The number of methoxy groups -OCH3 is 1. The Morgan fingerprint density at radius 3 is 2.07 bits per heavy atom. The lowest BCUT2D eigenvalue weighted by Gasteiger charge is -2.20. The van der Waals surface area contributed by atoms with Crippen LogP contribution in [0.1, 0.15) is 106 Å². The van der Waals surface area contributed by atoms with Crippen LogP contribution in [0.4, 0.5) is 11.9 Å². The van der Waals surface area contributed by atoms with E-state index in [-0.39, 0.29) is 109 Å². The molecule has 1 saturated heterocycles. The van der Waals surface area contributed by atoms with E-state index in [1.165, 1.54) is 59.0 Å². The van der Waals surface area contributed by atoms with Gasteiger partial charge in [0.2, 0.25) is 47.2 Å². The van der Waals surface area contributed by atoms with Gasteiger partial charge in [-0.3, -0.25) is 53.8 Å². The number of benzene rings is 2. The Hall–Kier alpha value is -8.02. The second-order valence-corrected chi connectivity index (χ2v) is 18.6. The minimum atomic E-state index is -0.756. The van der Waals surface area contributed by atoms with Crippen molar-refractivity contribution in [2.45, 2.75) is 91.1 Å². The fourth-order valence-corrected chi connectivity index (χ4v) is 9.47. The number of thioether (sulfide) groups is 1. The van der Waals surface area contributed by atoms with E-state index in [0.717, 1.165) is 25.0 Å². The van der Waals surface area contributed by atoms with Gasteiger partial charge in [-0.1, -0.05) is 37.1 Å². The number of unbranched alkanes of at least 4 members (excludes halogenated alkanes) is 2. The molecule has 23 nitrogen and oxygen atoms in total. The van der Waals surface area contributed by atoms with Gasteiger partial charge in [0.05, 0.1) is 41.4 Å². The molecule has 7 amide bonds. The molecule has 6 N–H and O–H groups in total. The van der Waals surface area contributed by atoms with Gasteiger partial charge >= 0.3 is 0 Å². The highest BCUT2D eigenvalue weighted by Crippen LogP contribution is 2.34. The molecule has 73 heavy (non-hydrogen) atoms. The molecule has 386 valence electrons. The third-order valence-electron chi connectivity index (χ3n) is 12.0. The van der Waals surface area contributed by atoms with Gasteiger partial charge < -0.3 is 39.5 Å². The lowest BCUT2D eigenvalue weighted by Crippen LogP contribution is -2.36. The summed E-state index contributed by atoms with van der Waals surface area (Å²) in [5, 5.41) is 13.5. The van der Waals surface area contributed by atoms with Crippen molar-refractivity contribution in [2.24, 2.45) is 11.5 Å². The second-order valence-electron chi connectivity index (χ2n) is 17.3. The van der Waals surface area contributed by atoms with Crippen molar-refractivity contribution in [3.05, 3.63) is 82.5 Å². The highest BCUT2D eigenvalue weighted by Gasteiger charge is 2.38. The van der Waals surface area contributed by atoms with E-state index in [1.807, 2.05) is 6.92 Å². The molecule has 0 aliphatic carbocycles. The molecule has 5 heterocycles. The SMILES string of the molecule is CCCCCSC1CC(=O)N(CCC(=O)N(C)CCCOc2cc(C(N)=O)cc3nc(NC(=O)c4cc(C)no4)n(C/C=C/Cn4c(NC(=O)c5cc(C)nn5CC)nc5cc(C(N)=O)cc(OC)c54)c23)C1=O. The number of hydrogen-bond acceptors (Lipinski definition) is 15. The summed E-state index contributed by atoms with van der Waals surface area (Å²) >= 11 is 1.50. The molecule has 0 radical (unpaired) electrons. The minimum Gasteiger partial charge on any atom is -0.494 e. The van der Waals surface area contributed by atoms with Crippen molar-refractivity contribution in [3.8, 4) is 11.5 Å². The number of allylic oxidation sites excluding steroid dienone is 2. The number of rotatable bonds is 25. The molecule has 0 saturated carbocycles. The summed E-state index contributed by atoms with van der Waals surface area (Å²) in [7, 11) is 3.06. The smallest absolute Gasteiger partial charge is 0.296 e. The monoisotopic (exact) mass is 1020 g/mol. The number of carbonyl (C=O) groups excluding carboxylic acids is 7. The molecule has 0 bridgehead atoms. The first-order valence-electron chi connectivity index (χ1n) is 23.8. The number of imidazole rings is 2. The fourth-order valence-electron chi connectivity index (χ4n) is 8.29. The van der Waals surface area contributed by atoms with Crippen molar-refractivity contribution in [3.63, 3.8) is 0 Å². The standard InChI is InChI=1S/C49H59N13O10S/c1-7-9-12-20-73-38-27-40(64)59(47(38)69)18-14-39(63)58(5)15-13-19-71-36-26-31(44(51)66)24-33-42(36)61(49(53-33)55-46(68)37-22-29(4)57-72-37)17-11-10-16-60-41-32(23-30(43(50)65)25-35(41)70-6)52-48(60)54-45(67)34-21-28(3)56-62(34)8-2/h10-11,21-26,38H,7-9,12-20,27H2,1-6H3,(H2,50,65)(H2,51,66)(H,52,54,67)(H,53,55,68)/b11-10+. The number of nitrogens with zero attached hydrogens (tertiary/aromatic N) is 9. The molecule has 24 heteroatoms. The number of nitrogens with two attached hydrogens (primary N) is 2. The van der Waals surface area contributed by atoms with Gasteiger partial charge in [-0.15, -0.1) is 11.8 Å². The van der Waals surface area contributed by atoms with Crippen LogP contribution in [0, 0.1) is 13.8 Å². The number of primary amides is 2. The van der Waals surface area contributed by atoms with E-state index in [0.29, 0.717) is 46.6 Å². The van der Waals surface area contributed by atoms with Crippen molar-refractivity contribution in [1.29, 1.82) is 0 Å². The van der Waals surface area contributed by atoms with Gasteiger partial charge in [-0.2, -0.15) is 5.10 Å². The van der Waals surface area contributed by atoms with Crippen LogP contribution in [0.2, 0.25) is 0 Å². The summed E-state index contributed by atoms with van der Waals surface area (Å²) in [5.41, 5.74) is 14.5. The largest absolute Gasteiger partial charge is 0.494 e. The topological polar surface area (TPSA) is 300 Å². The number of aromatic nitrogens is 7. The first-order chi connectivity index (χ1) is 35.0. The molecule has 1 aliphatic rings. The minimum absolute atomic E-state index is 0.00312. The zero-order valence-corrected chi connectivity index (χ0v) is 42.4. The predicted octanol–water partition coefficient (Wildman–Crippen LogP) is 4.84. The van der Waals surface area contributed by atoms with E-state index in [2.05, 4.69) is 37.8 Å². The molecular weight excluding hydrogens is 963 g/mol. The molecule has 1 atom stereocenters. The van der Waals surface area contributed by atoms with E-state index in [1.54, 1.807) is 52.9 Å². The fraction of sp³-hybridized carbons (Fsp3) is 0.408. The summed E-state index contributed by atoms with van der Waals surface area (Å²) in [6.07, 6.45) is 7.10. The van der Waals surface area contributed by atoms with Crippen LogP contribution in [0.5, 0.6) is 11.5 Å². The van der Waals surface area contributed by atoms with Crippen molar-refractivity contribution in [1.82, 2.24) is 43.8 Å². The molecule has 1 aliphatic heterocycles. The van der Waals surface area contributed by atoms with Crippen LogP contribution in [0.25, 0.3) is 22.1 Å². The van der Waals surface area contributed by atoms with Crippen molar-refractivity contribution in [2.75, 3.05) is 50.2 Å². The molecule has 7 rings (SSSR count). The average Bonchev–Trinajstić information content (AvgIpc) is 4.19. The molecule has 2 aromatic carbocycles. The Bertz CT molecular complexity index is 3110. The lowest BCUT2D eigenvalue weighted by molar-refractivity contribution is -0.139. The van der Waals surface area contributed by atoms with E-state index in [9.17, 15) is 33.6 Å². The Balaban J connectivity index is 1.12. The van der Waals surface area contributed by atoms with Crippen molar-refractivity contribution < 1.29 is 47.6 Å². The summed E-state index contributed by atoms with van der Waals surface area (Å²) in [5.74, 6) is -1.97. The van der Waals surface area contributed by atoms with Crippen LogP contribution in [0.3, 0.4) is 0 Å². The number of anilines is 2. The molecule has 1 unspecified atom stereocenters. The molecule has 0 spiro atoms. The van der Waals surface area contributed by atoms with Gasteiger partial charge in [-0.25, -0.2) is 9.97 Å². The van der Waals surface area contributed by atoms with Crippen molar-refractivity contribution >= 4 is 87.1 Å².